The van der Waals surface area contributed by atoms with Gasteiger partial charge >= 0.3 is 0 Å². The second-order valence-electron chi connectivity index (χ2n) is 4.28. The zero-order valence-corrected chi connectivity index (χ0v) is 10.0. The second kappa shape index (κ2) is 4.24. The van der Waals surface area contributed by atoms with Gasteiger partial charge in [0.25, 0.3) is 0 Å². The highest BCUT2D eigenvalue weighted by molar-refractivity contribution is 14.1. The maximum absolute atomic E-state index is 9.68. The first kappa shape index (κ1) is 10.7. The minimum absolute atomic E-state index is 0.102. The summed E-state index contributed by atoms with van der Waals surface area (Å²) in [5.41, 5.74) is 0.102. The van der Waals surface area contributed by atoms with Gasteiger partial charge in [0.15, 0.2) is 0 Å². The van der Waals surface area contributed by atoms with E-state index in [-0.39, 0.29) is 11.5 Å². The highest BCUT2D eigenvalue weighted by atomic mass is 127. The average Bonchev–Trinajstić information content (AvgIpc) is 2.22. The summed E-state index contributed by atoms with van der Waals surface area (Å²) in [6.45, 7) is 7.33. The van der Waals surface area contributed by atoms with E-state index in [0.29, 0.717) is 0 Å². The Morgan fingerprint density at radius 1 is 1.58 bits per heavy atom. The molecule has 1 saturated heterocycles. The van der Waals surface area contributed by atoms with Crippen molar-refractivity contribution in [1.29, 1.82) is 0 Å². The van der Waals surface area contributed by atoms with Gasteiger partial charge in [-0.2, -0.15) is 0 Å². The van der Waals surface area contributed by atoms with Gasteiger partial charge in [0.2, 0.25) is 0 Å². The largest absolute Gasteiger partial charge is 0.391 e. The Kier molecular flexibility index (Phi) is 3.79. The zero-order chi connectivity index (χ0) is 9.19. The fourth-order valence-corrected chi connectivity index (χ4v) is 2.03. The van der Waals surface area contributed by atoms with E-state index in [4.69, 9.17) is 0 Å². The van der Waals surface area contributed by atoms with Crippen LogP contribution in [-0.2, 0) is 0 Å². The van der Waals surface area contributed by atoms with E-state index < -0.39 is 0 Å². The van der Waals surface area contributed by atoms with E-state index in [1.54, 1.807) is 0 Å². The van der Waals surface area contributed by atoms with Gasteiger partial charge in [0.1, 0.15) is 0 Å². The Labute approximate surface area is 88.5 Å². The lowest BCUT2D eigenvalue weighted by molar-refractivity contribution is 0.0955. The van der Waals surface area contributed by atoms with Crippen LogP contribution < -0.4 is 0 Å². The number of aliphatic hydroxyl groups is 1. The van der Waals surface area contributed by atoms with Crippen molar-refractivity contribution in [3.63, 3.8) is 0 Å². The third-order valence-electron chi connectivity index (χ3n) is 2.57. The quantitative estimate of drug-likeness (QED) is 0.627. The molecule has 1 heterocycles. The summed E-state index contributed by atoms with van der Waals surface area (Å²) in [6.07, 6.45) is 1.11. The normalized spacial score (nSPS) is 29.5. The first-order valence-electron chi connectivity index (χ1n) is 4.52. The van der Waals surface area contributed by atoms with Crippen LogP contribution in [0.5, 0.6) is 0 Å². The molecule has 1 aliphatic heterocycles. The molecular formula is C9H18INO. The van der Waals surface area contributed by atoms with Gasteiger partial charge in [-0.1, -0.05) is 36.4 Å². The molecule has 1 N–H and O–H groups in total. The number of hydrogen-bond acceptors (Lipinski definition) is 2. The van der Waals surface area contributed by atoms with E-state index >= 15 is 0 Å². The molecule has 0 aromatic heterocycles. The molecule has 1 aliphatic rings. The number of aliphatic hydroxyl groups excluding tert-OH is 1. The first-order valence-corrected chi connectivity index (χ1v) is 6.05. The molecule has 1 rings (SSSR count). The molecule has 72 valence electrons. The molecular weight excluding hydrogens is 265 g/mol. The van der Waals surface area contributed by atoms with Crippen molar-refractivity contribution in [3.05, 3.63) is 0 Å². The summed E-state index contributed by atoms with van der Waals surface area (Å²) in [5.74, 6) is 0. The Morgan fingerprint density at radius 3 is 2.67 bits per heavy atom. The van der Waals surface area contributed by atoms with Crippen molar-refractivity contribution in [3.8, 4) is 0 Å². The first-order chi connectivity index (χ1) is 5.56. The van der Waals surface area contributed by atoms with Gasteiger partial charge < -0.3 is 10.0 Å². The van der Waals surface area contributed by atoms with Crippen LogP contribution in [0.15, 0.2) is 0 Å². The zero-order valence-electron chi connectivity index (χ0n) is 7.89. The lowest BCUT2D eigenvalue weighted by Crippen LogP contribution is -2.26. The summed E-state index contributed by atoms with van der Waals surface area (Å²) >= 11 is 2.40. The molecule has 12 heavy (non-hydrogen) atoms. The minimum Gasteiger partial charge on any atom is -0.391 e. The van der Waals surface area contributed by atoms with Gasteiger partial charge in [-0.3, -0.25) is 0 Å². The van der Waals surface area contributed by atoms with Crippen LogP contribution in [0.1, 0.15) is 20.3 Å². The third-order valence-corrected chi connectivity index (χ3v) is 3.34. The van der Waals surface area contributed by atoms with E-state index in [1.165, 1.54) is 10.8 Å². The van der Waals surface area contributed by atoms with Crippen molar-refractivity contribution in [1.82, 2.24) is 4.90 Å². The Morgan fingerprint density at radius 2 is 2.25 bits per heavy atom. The third kappa shape index (κ3) is 2.57. The highest BCUT2D eigenvalue weighted by Gasteiger charge is 2.37. The fraction of sp³-hybridized carbons (Fsp3) is 1.00. The standard InChI is InChI=1S/C9H18INO/c1-9(2)7-11(5-3-4-10)6-8(9)12/h8,12H,3-7H2,1-2H3. The number of β-amino-alcohol motifs (C(OH)–C–C–N with tert-alkyl or cyclic N) is 1. The van der Waals surface area contributed by atoms with Crippen molar-refractivity contribution < 1.29 is 5.11 Å². The van der Waals surface area contributed by atoms with Gasteiger partial charge in [-0.25, -0.2) is 0 Å². The molecule has 0 aromatic carbocycles. The number of alkyl halides is 1. The van der Waals surface area contributed by atoms with Crippen molar-refractivity contribution in [2.24, 2.45) is 5.41 Å². The van der Waals surface area contributed by atoms with Gasteiger partial charge in [-0.15, -0.1) is 0 Å². The fourth-order valence-electron chi connectivity index (χ4n) is 1.69. The molecule has 0 spiro atoms. The molecule has 1 unspecified atom stereocenters. The van der Waals surface area contributed by atoms with E-state index in [0.717, 1.165) is 19.6 Å². The smallest absolute Gasteiger partial charge is 0.0730 e. The molecule has 0 saturated carbocycles. The number of nitrogens with zero attached hydrogens (tertiary/aromatic N) is 1. The summed E-state index contributed by atoms with van der Waals surface area (Å²) in [7, 11) is 0. The van der Waals surface area contributed by atoms with Crippen molar-refractivity contribution in [2.75, 3.05) is 24.1 Å². The summed E-state index contributed by atoms with van der Waals surface area (Å²) < 4.78 is 1.21. The van der Waals surface area contributed by atoms with Crippen LogP contribution >= 0.6 is 22.6 Å². The number of likely N-dealkylation sites (tertiary alicyclic amines) is 1. The molecule has 0 bridgehead atoms. The van der Waals surface area contributed by atoms with Crippen LogP contribution in [-0.4, -0.2) is 40.2 Å². The van der Waals surface area contributed by atoms with Crippen LogP contribution in [0, 0.1) is 5.41 Å². The lowest BCUT2D eigenvalue weighted by atomic mass is 9.90. The molecule has 0 radical (unpaired) electrons. The second-order valence-corrected chi connectivity index (χ2v) is 5.36. The Hall–Kier alpha value is 0.650. The van der Waals surface area contributed by atoms with Gasteiger partial charge in [0.05, 0.1) is 6.10 Å². The molecule has 0 aromatic rings. The predicted molar refractivity (Wildman–Crippen MR) is 59.7 cm³/mol. The van der Waals surface area contributed by atoms with Gasteiger partial charge in [-0.05, 0) is 13.0 Å². The molecule has 1 fully saturated rings. The van der Waals surface area contributed by atoms with E-state index in [2.05, 4.69) is 41.3 Å². The lowest BCUT2D eigenvalue weighted by Gasteiger charge is -2.21. The van der Waals surface area contributed by atoms with E-state index in [9.17, 15) is 5.11 Å². The summed E-state index contributed by atoms with van der Waals surface area (Å²) in [5, 5.41) is 9.68. The van der Waals surface area contributed by atoms with Crippen molar-refractivity contribution >= 4 is 22.6 Å². The summed E-state index contributed by atoms with van der Waals surface area (Å²) in [4.78, 5) is 2.36. The minimum atomic E-state index is -0.133. The summed E-state index contributed by atoms with van der Waals surface area (Å²) in [6, 6.07) is 0. The monoisotopic (exact) mass is 283 g/mol. The predicted octanol–water partition coefficient (Wildman–Crippen LogP) is 1.51. The Balaban J connectivity index is 2.33. The number of rotatable bonds is 3. The van der Waals surface area contributed by atoms with Crippen LogP contribution in [0.3, 0.4) is 0 Å². The molecule has 0 aliphatic carbocycles. The Bertz CT molecular complexity index is 149. The highest BCUT2D eigenvalue weighted by Crippen LogP contribution is 2.29. The van der Waals surface area contributed by atoms with Gasteiger partial charge in [0, 0.05) is 22.9 Å². The maximum Gasteiger partial charge on any atom is 0.0730 e. The van der Waals surface area contributed by atoms with Crippen LogP contribution in [0.2, 0.25) is 0 Å². The van der Waals surface area contributed by atoms with Crippen LogP contribution in [0.4, 0.5) is 0 Å². The molecule has 1 atom stereocenters. The average molecular weight is 283 g/mol. The molecule has 0 amide bonds. The van der Waals surface area contributed by atoms with E-state index in [1.807, 2.05) is 0 Å². The maximum atomic E-state index is 9.68. The molecule has 2 nitrogen and oxygen atoms in total. The van der Waals surface area contributed by atoms with Crippen LogP contribution in [0.25, 0.3) is 0 Å². The molecule has 3 heteroatoms. The SMILES string of the molecule is CC1(C)CN(CCCI)CC1O. The van der Waals surface area contributed by atoms with Crippen molar-refractivity contribution in [2.45, 2.75) is 26.4 Å². The topological polar surface area (TPSA) is 23.5 Å². The number of hydrogen-bond donors (Lipinski definition) is 1. The number of halogens is 1.